The molecule has 0 radical (unpaired) electrons. The summed E-state index contributed by atoms with van der Waals surface area (Å²) >= 11 is 0. The molecular weight excluding hydrogens is 264 g/mol. The number of carbonyl (C=O) groups is 1. The van der Waals surface area contributed by atoms with E-state index in [4.69, 9.17) is 5.73 Å². The third-order valence-electron chi connectivity index (χ3n) is 3.08. The molecule has 110 valence electrons. The molecule has 1 heterocycles. The standard InChI is InChI=1S/C16H20N4O/c1-11(2)8-14(17)16(21)20-19-10-12-5-6-15-13(9-12)4-3-7-18-15/h3-7,9-11,14H,8,17H2,1-2H3,(H,20,21)/b19-10-/t14-/m0/s1. The van der Waals surface area contributed by atoms with Crippen molar-refractivity contribution in [3.05, 3.63) is 42.1 Å². The van der Waals surface area contributed by atoms with Gasteiger partial charge in [0.2, 0.25) is 0 Å². The quantitative estimate of drug-likeness (QED) is 0.651. The summed E-state index contributed by atoms with van der Waals surface area (Å²) in [6.45, 7) is 4.05. The van der Waals surface area contributed by atoms with E-state index in [9.17, 15) is 4.79 Å². The van der Waals surface area contributed by atoms with Crippen molar-refractivity contribution >= 4 is 23.0 Å². The highest BCUT2D eigenvalue weighted by molar-refractivity contribution is 5.89. The number of amides is 1. The van der Waals surface area contributed by atoms with E-state index in [1.807, 2.05) is 44.2 Å². The van der Waals surface area contributed by atoms with Crippen LogP contribution in [0.15, 0.2) is 41.6 Å². The average Bonchev–Trinajstić information content (AvgIpc) is 2.46. The van der Waals surface area contributed by atoms with Crippen LogP contribution in [0.3, 0.4) is 0 Å². The van der Waals surface area contributed by atoms with Crippen molar-refractivity contribution in [2.75, 3.05) is 0 Å². The number of rotatable bonds is 5. The fraction of sp³-hybridized carbons (Fsp3) is 0.312. The Bertz CT molecular complexity index is 652. The van der Waals surface area contributed by atoms with Gasteiger partial charge in [0.15, 0.2) is 0 Å². The molecule has 1 aromatic heterocycles. The predicted molar refractivity (Wildman–Crippen MR) is 84.9 cm³/mol. The molecule has 1 atom stereocenters. The molecule has 21 heavy (non-hydrogen) atoms. The van der Waals surface area contributed by atoms with Gasteiger partial charge in [0, 0.05) is 11.6 Å². The Morgan fingerprint density at radius 2 is 2.24 bits per heavy atom. The predicted octanol–water partition coefficient (Wildman–Crippen LogP) is 2.06. The van der Waals surface area contributed by atoms with Gasteiger partial charge in [-0.1, -0.05) is 26.0 Å². The first-order valence-electron chi connectivity index (χ1n) is 6.99. The zero-order valence-electron chi connectivity index (χ0n) is 12.3. The monoisotopic (exact) mass is 284 g/mol. The Labute approximate surface area is 124 Å². The SMILES string of the molecule is CC(C)C[C@H](N)C(=O)N/N=C\c1ccc2ncccc2c1. The summed E-state index contributed by atoms with van der Waals surface area (Å²) in [5.41, 5.74) is 10.1. The van der Waals surface area contributed by atoms with Crippen molar-refractivity contribution in [3.63, 3.8) is 0 Å². The van der Waals surface area contributed by atoms with E-state index in [1.165, 1.54) is 0 Å². The lowest BCUT2D eigenvalue weighted by molar-refractivity contribution is -0.122. The van der Waals surface area contributed by atoms with Crippen LogP contribution in [0.5, 0.6) is 0 Å². The number of fused-ring (bicyclic) bond motifs is 1. The molecule has 0 aliphatic heterocycles. The Morgan fingerprint density at radius 1 is 1.43 bits per heavy atom. The van der Waals surface area contributed by atoms with E-state index in [0.29, 0.717) is 12.3 Å². The lowest BCUT2D eigenvalue weighted by Gasteiger charge is -2.11. The van der Waals surface area contributed by atoms with Gasteiger partial charge in [0.25, 0.3) is 5.91 Å². The summed E-state index contributed by atoms with van der Waals surface area (Å²) in [6, 6.07) is 9.13. The first kappa shape index (κ1) is 15.1. The molecule has 1 amide bonds. The number of aromatic nitrogens is 1. The van der Waals surface area contributed by atoms with E-state index >= 15 is 0 Å². The highest BCUT2D eigenvalue weighted by atomic mass is 16.2. The van der Waals surface area contributed by atoms with Gasteiger partial charge in [-0.2, -0.15) is 5.10 Å². The number of hydrogen-bond donors (Lipinski definition) is 2. The largest absolute Gasteiger partial charge is 0.320 e. The second-order valence-corrected chi connectivity index (χ2v) is 5.43. The van der Waals surface area contributed by atoms with Crippen LogP contribution in [0.4, 0.5) is 0 Å². The van der Waals surface area contributed by atoms with Crippen LogP contribution in [-0.2, 0) is 4.79 Å². The summed E-state index contributed by atoms with van der Waals surface area (Å²) in [7, 11) is 0. The summed E-state index contributed by atoms with van der Waals surface area (Å²) < 4.78 is 0. The minimum Gasteiger partial charge on any atom is -0.320 e. The first-order valence-corrected chi connectivity index (χ1v) is 6.99. The van der Waals surface area contributed by atoms with Crippen LogP contribution >= 0.6 is 0 Å². The minimum atomic E-state index is -0.525. The van der Waals surface area contributed by atoms with E-state index < -0.39 is 6.04 Å². The van der Waals surface area contributed by atoms with Gasteiger partial charge < -0.3 is 5.73 Å². The van der Waals surface area contributed by atoms with Crippen LogP contribution in [-0.4, -0.2) is 23.1 Å². The maximum absolute atomic E-state index is 11.7. The molecule has 0 aliphatic carbocycles. The Kier molecular flexibility index (Phi) is 5.00. The number of benzene rings is 1. The minimum absolute atomic E-state index is 0.262. The first-order chi connectivity index (χ1) is 10.1. The molecule has 5 nitrogen and oxygen atoms in total. The number of pyridine rings is 1. The van der Waals surface area contributed by atoms with Crippen molar-refractivity contribution in [1.29, 1.82) is 0 Å². The number of hydrazone groups is 1. The third kappa shape index (κ3) is 4.36. The number of nitrogens with one attached hydrogen (secondary N) is 1. The Balaban J connectivity index is 1.98. The molecule has 0 aliphatic rings. The summed E-state index contributed by atoms with van der Waals surface area (Å²) in [4.78, 5) is 16.0. The molecule has 0 fully saturated rings. The van der Waals surface area contributed by atoms with Crippen LogP contribution in [0.25, 0.3) is 10.9 Å². The van der Waals surface area contributed by atoms with Gasteiger partial charge in [-0.15, -0.1) is 0 Å². The fourth-order valence-electron chi connectivity index (χ4n) is 2.04. The topological polar surface area (TPSA) is 80.4 Å². The lowest BCUT2D eigenvalue weighted by atomic mass is 10.0. The second-order valence-electron chi connectivity index (χ2n) is 5.43. The number of nitrogens with two attached hydrogens (primary N) is 1. The van der Waals surface area contributed by atoms with Crippen LogP contribution in [0.1, 0.15) is 25.8 Å². The van der Waals surface area contributed by atoms with Crippen LogP contribution in [0.2, 0.25) is 0 Å². The van der Waals surface area contributed by atoms with Gasteiger partial charge in [0.1, 0.15) is 0 Å². The molecule has 0 bridgehead atoms. The van der Waals surface area contributed by atoms with Gasteiger partial charge in [-0.05, 0) is 36.1 Å². The number of nitrogens with zero attached hydrogens (tertiary/aromatic N) is 2. The molecule has 2 aromatic rings. The molecule has 0 unspecified atom stereocenters. The van der Waals surface area contributed by atoms with Gasteiger partial charge in [-0.25, -0.2) is 5.43 Å². The van der Waals surface area contributed by atoms with E-state index in [0.717, 1.165) is 16.5 Å². The lowest BCUT2D eigenvalue weighted by Crippen LogP contribution is -2.39. The van der Waals surface area contributed by atoms with E-state index in [1.54, 1.807) is 12.4 Å². The highest BCUT2D eigenvalue weighted by Gasteiger charge is 2.13. The fourth-order valence-corrected chi connectivity index (χ4v) is 2.04. The molecule has 0 saturated carbocycles. The third-order valence-corrected chi connectivity index (χ3v) is 3.08. The Morgan fingerprint density at radius 3 is 3.00 bits per heavy atom. The summed E-state index contributed by atoms with van der Waals surface area (Å²) in [5.74, 6) is 0.116. The average molecular weight is 284 g/mol. The molecule has 3 N–H and O–H groups in total. The van der Waals surface area contributed by atoms with Crippen LogP contribution < -0.4 is 11.2 Å². The van der Waals surface area contributed by atoms with Gasteiger partial charge in [0.05, 0.1) is 17.8 Å². The van der Waals surface area contributed by atoms with Crippen molar-refractivity contribution in [2.24, 2.45) is 16.8 Å². The van der Waals surface area contributed by atoms with Crippen molar-refractivity contribution in [3.8, 4) is 0 Å². The smallest absolute Gasteiger partial charge is 0.256 e. The van der Waals surface area contributed by atoms with E-state index in [-0.39, 0.29) is 5.91 Å². The zero-order chi connectivity index (χ0) is 15.2. The van der Waals surface area contributed by atoms with Gasteiger partial charge >= 0.3 is 0 Å². The molecule has 2 rings (SSSR count). The summed E-state index contributed by atoms with van der Waals surface area (Å²) in [5, 5.41) is 4.98. The normalized spacial score (nSPS) is 13.0. The molecular formula is C16H20N4O. The highest BCUT2D eigenvalue weighted by Crippen LogP contribution is 2.11. The molecule has 0 spiro atoms. The number of carbonyl (C=O) groups excluding carboxylic acids is 1. The van der Waals surface area contributed by atoms with Crippen molar-refractivity contribution in [2.45, 2.75) is 26.3 Å². The second kappa shape index (κ2) is 6.95. The molecule has 1 aromatic carbocycles. The molecule has 0 saturated heterocycles. The maximum atomic E-state index is 11.7. The van der Waals surface area contributed by atoms with Crippen LogP contribution in [0, 0.1) is 5.92 Å². The number of hydrogen-bond acceptors (Lipinski definition) is 4. The summed E-state index contributed by atoms with van der Waals surface area (Å²) in [6.07, 6.45) is 4.00. The van der Waals surface area contributed by atoms with Crippen molar-refractivity contribution < 1.29 is 4.79 Å². The van der Waals surface area contributed by atoms with Gasteiger partial charge in [-0.3, -0.25) is 9.78 Å². The Hall–Kier alpha value is -2.27. The van der Waals surface area contributed by atoms with E-state index in [2.05, 4.69) is 15.5 Å². The zero-order valence-corrected chi connectivity index (χ0v) is 12.3. The van der Waals surface area contributed by atoms with Crippen molar-refractivity contribution in [1.82, 2.24) is 10.4 Å². The maximum Gasteiger partial charge on any atom is 0.256 e. The molecule has 5 heteroatoms.